The molecule has 0 aliphatic heterocycles. The Kier molecular flexibility index (Phi) is 3.29. The number of carbonyl (C=O) groups excluding carboxylic acids is 1. The largest absolute Gasteiger partial charge is 0.299 e. The molecule has 3 unspecified atom stereocenters. The van der Waals surface area contributed by atoms with Crippen LogP contribution < -0.4 is 0 Å². The zero-order chi connectivity index (χ0) is 13.2. The lowest BCUT2D eigenvalue weighted by Gasteiger charge is -2.06. The van der Waals surface area contributed by atoms with Crippen LogP contribution in [0.4, 0.5) is 0 Å². The SMILES string of the molecule is N#CC1C(Cc2ccncn2)C1C(=O)C1CCCC1. The van der Waals surface area contributed by atoms with Gasteiger partial charge in [0.15, 0.2) is 0 Å². The first-order valence-corrected chi connectivity index (χ1v) is 6.99. The molecular weight excluding hydrogens is 238 g/mol. The first-order chi connectivity index (χ1) is 9.31. The fourth-order valence-corrected chi connectivity index (χ4v) is 3.35. The molecule has 2 aliphatic carbocycles. The average molecular weight is 255 g/mol. The van der Waals surface area contributed by atoms with E-state index in [-0.39, 0.29) is 23.7 Å². The number of ketones is 1. The molecule has 0 spiro atoms. The maximum atomic E-state index is 12.4. The summed E-state index contributed by atoms with van der Waals surface area (Å²) in [5.41, 5.74) is 0.932. The van der Waals surface area contributed by atoms with E-state index in [4.69, 9.17) is 0 Å². The number of nitrogens with zero attached hydrogens (tertiary/aromatic N) is 3. The Bertz CT molecular complexity index is 502. The van der Waals surface area contributed by atoms with Crippen LogP contribution in [0.25, 0.3) is 0 Å². The van der Waals surface area contributed by atoms with Crippen molar-refractivity contribution < 1.29 is 4.79 Å². The number of hydrogen-bond acceptors (Lipinski definition) is 4. The molecule has 0 saturated heterocycles. The summed E-state index contributed by atoms with van der Waals surface area (Å²) in [5.74, 6) is 0.596. The minimum absolute atomic E-state index is 0.0388. The Hall–Kier alpha value is -1.76. The van der Waals surface area contributed by atoms with Gasteiger partial charge in [0.05, 0.1) is 12.0 Å². The third kappa shape index (κ3) is 2.37. The average Bonchev–Trinajstić information content (AvgIpc) is 2.88. The van der Waals surface area contributed by atoms with Gasteiger partial charge in [-0.2, -0.15) is 5.26 Å². The van der Waals surface area contributed by atoms with E-state index in [1.165, 1.54) is 6.33 Å². The first kappa shape index (κ1) is 12.3. The topological polar surface area (TPSA) is 66.6 Å². The molecule has 0 aromatic carbocycles. The smallest absolute Gasteiger partial charge is 0.140 e. The monoisotopic (exact) mass is 255 g/mol. The van der Waals surface area contributed by atoms with Gasteiger partial charge in [-0.15, -0.1) is 0 Å². The Morgan fingerprint density at radius 1 is 1.42 bits per heavy atom. The standard InChI is InChI=1S/C15H17N3O/c16-8-13-12(7-11-5-6-17-9-18-11)14(13)15(19)10-3-1-2-4-10/h5-6,9-10,12-14H,1-4,7H2. The highest BCUT2D eigenvalue weighted by molar-refractivity contribution is 5.87. The highest BCUT2D eigenvalue weighted by Gasteiger charge is 2.56. The van der Waals surface area contributed by atoms with E-state index in [0.717, 1.165) is 37.8 Å². The number of carbonyl (C=O) groups is 1. The number of hydrogen-bond donors (Lipinski definition) is 0. The molecule has 1 heterocycles. The highest BCUT2D eigenvalue weighted by Crippen LogP contribution is 2.50. The molecule has 4 heteroatoms. The van der Waals surface area contributed by atoms with E-state index in [1.807, 2.05) is 6.07 Å². The second-order valence-electron chi connectivity index (χ2n) is 5.63. The van der Waals surface area contributed by atoms with Gasteiger partial charge < -0.3 is 0 Å². The summed E-state index contributed by atoms with van der Waals surface area (Å²) in [6.45, 7) is 0. The van der Waals surface area contributed by atoms with E-state index in [2.05, 4.69) is 16.0 Å². The lowest BCUT2D eigenvalue weighted by atomic mass is 9.97. The van der Waals surface area contributed by atoms with Gasteiger partial charge in [0.2, 0.25) is 0 Å². The summed E-state index contributed by atoms with van der Waals surface area (Å²) in [5, 5.41) is 9.18. The van der Waals surface area contributed by atoms with E-state index in [0.29, 0.717) is 5.78 Å². The number of aromatic nitrogens is 2. The lowest BCUT2D eigenvalue weighted by Crippen LogP contribution is -2.15. The highest BCUT2D eigenvalue weighted by atomic mass is 16.1. The van der Waals surface area contributed by atoms with Crippen molar-refractivity contribution in [1.29, 1.82) is 5.26 Å². The minimum atomic E-state index is -0.0944. The van der Waals surface area contributed by atoms with E-state index in [9.17, 15) is 10.1 Å². The predicted molar refractivity (Wildman–Crippen MR) is 68.8 cm³/mol. The number of rotatable bonds is 4. The van der Waals surface area contributed by atoms with Gasteiger partial charge in [-0.1, -0.05) is 12.8 Å². The van der Waals surface area contributed by atoms with Gasteiger partial charge in [0.25, 0.3) is 0 Å². The third-order valence-electron chi connectivity index (χ3n) is 4.49. The van der Waals surface area contributed by atoms with Crippen LogP contribution in [0.5, 0.6) is 0 Å². The fraction of sp³-hybridized carbons (Fsp3) is 0.600. The van der Waals surface area contributed by atoms with Crippen LogP contribution in [0.2, 0.25) is 0 Å². The van der Waals surface area contributed by atoms with E-state index < -0.39 is 0 Å². The van der Waals surface area contributed by atoms with Crippen LogP contribution in [0.15, 0.2) is 18.6 Å². The van der Waals surface area contributed by atoms with E-state index in [1.54, 1.807) is 6.20 Å². The van der Waals surface area contributed by atoms with Crippen molar-refractivity contribution in [3.8, 4) is 6.07 Å². The van der Waals surface area contributed by atoms with Crippen LogP contribution in [0, 0.1) is 35.0 Å². The predicted octanol–water partition coefficient (Wildman–Crippen LogP) is 2.16. The van der Waals surface area contributed by atoms with Gasteiger partial charge >= 0.3 is 0 Å². The summed E-state index contributed by atoms with van der Waals surface area (Å²) in [4.78, 5) is 20.5. The zero-order valence-corrected chi connectivity index (χ0v) is 10.8. The maximum absolute atomic E-state index is 12.4. The number of Topliss-reactive ketones (excluding diaryl/α,β-unsaturated/α-hetero) is 1. The molecule has 2 saturated carbocycles. The van der Waals surface area contributed by atoms with Gasteiger partial charge in [0.1, 0.15) is 12.1 Å². The summed E-state index contributed by atoms with van der Waals surface area (Å²) in [6.07, 6.45) is 8.33. The molecule has 2 aliphatic rings. The van der Waals surface area contributed by atoms with Gasteiger partial charge in [-0.25, -0.2) is 9.97 Å². The summed E-state index contributed by atoms with van der Waals surface area (Å²) >= 11 is 0. The van der Waals surface area contributed by atoms with Crippen molar-refractivity contribution in [2.75, 3.05) is 0 Å². The Morgan fingerprint density at radius 2 is 2.21 bits per heavy atom. The van der Waals surface area contributed by atoms with Crippen LogP contribution in [0.1, 0.15) is 31.4 Å². The van der Waals surface area contributed by atoms with Gasteiger partial charge in [-0.05, 0) is 31.2 Å². The first-order valence-electron chi connectivity index (χ1n) is 6.99. The number of nitriles is 1. The van der Waals surface area contributed by atoms with E-state index >= 15 is 0 Å². The molecule has 98 valence electrons. The van der Waals surface area contributed by atoms with Crippen LogP contribution >= 0.6 is 0 Å². The van der Waals surface area contributed by atoms with Crippen molar-refractivity contribution >= 4 is 5.78 Å². The molecule has 2 fully saturated rings. The summed E-state index contributed by atoms with van der Waals surface area (Å²) in [6, 6.07) is 4.16. The van der Waals surface area contributed by atoms with Crippen molar-refractivity contribution in [3.63, 3.8) is 0 Å². The Labute approximate surface area is 112 Å². The molecule has 3 atom stereocenters. The van der Waals surface area contributed by atoms with Crippen LogP contribution in [-0.4, -0.2) is 15.8 Å². The molecule has 1 aromatic heterocycles. The Morgan fingerprint density at radius 3 is 2.84 bits per heavy atom. The molecule has 0 bridgehead atoms. The van der Waals surface area contributed by atoms with Gasteiger partial charge in [0, 0.05) is 23.7 Å². The normalized spacial score (nSPS) is 29.9. The molecule has 19 heavy (non-hydrogen) atoms. The quantitative estimate of drug-likeness (QED) is 0.827. The molecule has 3 rings (SSSR count). The van der Waals surface area contributed by atoms with Crippen molar-refractivity contribution in [2.45, 2.75) is 32.1 Å². The Balaban J connectivity index is 1.66. The molecule has 1 aromatic rings. The zero-order valence-electron chi connectivity index (χ0n) is 10.8. The molecule has 0 N–H and O–H groups in total. The fourth-order valence-electron chi connectivity index (χ4n) is 3.35. The molecule has 0 radical (unpaired) electrons. The molecule has 0 amide bonds. The van der Waals surface area contributed by atoms with Gasteiger partial charge in [-0.3, -0.25) is 4.79 Å². The molecule has 4 nitrogen and oxygen atoms in total. The lowest BCUT2D eigenvalue weighted by molar-refractivity contribution is -0.124. The second-order valence-corrected chi connectivity index (χ2v) is 5.63. The minimum Gasteiger partial charge on any atom is -0.299 e. The molecular formula is C15H17N3O. The van der Waals surface area contributed by atoms with Crippen molar-refractivity contribution in [3.05, 3.63) is 24.3 Å². The van der Waals surface area contributed by atoms with Crippen molar-refractivity contribution in [1.82, 2.24) is 9.97 Å². The van der Waals surface area contributed by atoms with Crippen LogP contribution in [0.3, 0.4) is 0 Å². The summed E-state index contributed by atoms with van der Waals surface area (Å²) < 4.78 is 0. The summed E-state index contributed by atoms with van der Waals surface area (Å²) in [7, 11) is 0. The van der Waals surface area contributed by atoms with Crippen LogP contribution in [-0.2, 0) is 11.2 Å². The third-order valence-corrected chi connectivity index (χ3v) is 4.49. The maximum Gasteiger partial charge on any atom is 0.140 e. The second kappa shape index (κ2) is 5.08. The van der Waals surface area contributed by atoms with Crippen molar-refractivity contribution in [2.24, 2.45) is 23.7 Å².